The van der Waals surface area contributed by atoms with Gasteiger partial charge in [-0.15, -0.1) is 0 Å². The predicted octanol–water partition coefficient (Wildman–Crippen LogP) is 0.877. The highest BCUT2D eigenvalue weighted by atomic mass is 35.5. The lowest BCUT2D eigenvalue weighted by molar-refractivity contribution is -0.0184. The van der Waals surface area contributed by atoms with Gasteiger partial charge in [0.15, 0.2) is 0 Å². The van der Waals surface area contributed by atoms with E-state index in [-0.39, 0.29) is 18.6 Å². The number of carbonyl (C=O) groups excluding carboxylic acids is 1. The van der Waals surface area contributed by atoms with Crippen molar-refractivity contribution in [3.05, 3.63) is 28.5 Å². The number of halogens is 1. The van der Waals surface area contributed by atoms with Crippen molar-refractivity contribution in [3.8, 4) is 0 Å². The van der Waals surface area contributed by atoms with Gasteiger partial charge >= 0.3 is 0 Å². The highest BCUT2D eigenvalue weighted by molar-refractivity contribution is 6.29. The van der Waals surface area contributed by atoms with Gasteiger partial charge in [-0.05, 0) is 19.1 Å². The molecule has 1 aromatic heterocycles. The summed E-state index contributed by atoms with van der Waals surface area (Å²) in [6.45, 7) is 3.00. The molecular formula is C12H15ClN2O3. The molecule has 2 heterocycles. The molecule has 1 atom stereocenters. The van der Waals surface area contributed by atoms with Crippen LogP contribution in [0, 0.1) is 6.92 Å². The summed E-state index contributed by atoms with van der Waals surface area (Å²) < 4.78 is 5.24. The smallest absolute Gasteiger partial charge is 0.254 e. The van der Waals surface area contributed by atoms with Crippen molar-refractivity contribution in [2.75, 3.05) is 26.4 Å². The molecular weight excluding hydrogens is 256 g/mol. The molecule has 2 rings (SSSR count). The third-order valence-corrected chi connectivity index (χ3v) is 3.06. The third kappa shape index (κ3) is 2.80. The number of ether oxygens (including phenoxy) is 1. The number of aliphatic hydroxyl groups is 1. The first-order chi connectivity index (χ1) is 8.61. The normalized spacial score (nSPS) is 19.9. The van der Waals surface area contributed by atoms with Crippen LogP contribution in [-0.2, 0) is 4.74 Å². The number of aryl methyl sites for hydroxylation is 1. The van der Waals surface area contributed by atoms with E-state index in [9.17, 15) is 9.90 Å². The number of pyridine rings is 1. The monoisotopic (exact) mass is 270 g/mol. The van der Waals surface area contributed by atoms with Crippen LogP contribution in [-0.4, -0.2) is 53.3 Å². The van der Waals surface area contributed by atoms with Gasteiger partial charge in [-0.3, -0.25) is 4.79 Å². The van der Waals surface area contributed by atoms with Gasteiger partial charge in [-0.2, -0.15) is 0 Å². The Morgan fingerprint density at radius 1 is 1.67 bits per heavy atom. The van der Waals surface area contributed by atoms with E-state index in [0.717, 1.165) is 0 Å². The molecule has 1 saturated heterocycles. The molecule has 0 spiro atoms. The predicted molar refractivity (Wildman–Crippen MR) is 66.7 cm³/mol. The van der Waals surface area contributed by atoms with Gasteiger partial charge < -0.3 is 14.7 Å². The minimum atomic E-state index is -0.293. The van der Waals surface area contributed by atoms with Crippen LogP contribution < -0.4 is 0 Å². The van der Waals surface area contributed by atoms with E-state index in [0.29, 0.717) is 36.2 Å². The van der Waals surface area contributed by atoms with Gasteiger partial charge in [0.05, 0.1) is 25.9 Å². The fraction of sp³-hybridized carbons (Fsp3) is 0.500. The third-order valence-electron chi connectivity index (χ3n) is 2.87. The fourth-order valence-corrected chi connectivity index (χ4v) is 2.24. The van der Waals surface area contributed by atoms with Crippen molar-refractivity contribution in [2.45, 2.75) is 13.0 Å². The van der Waals surface area contributed by atoms with Crippen LogP contribution in [0.5, 0.6) is 0 Å². The van der Waals surface area contributed by atoms with E-state index < -0.39 is 0 Å². The Morgan fingerprint density at radius 2 is 2.44 bits per heavy atom. The van der Waals surface area contributed by atoms with Gasteiger partial charge in [-0.25, -0.2) is 4.98 Å². The Morgan fingerprint density at radius 3 is 3.11 bits per heavy atom. The molecule has 0 bridgehead atoms. The molecule has 1 amide bonds. The lowest BCUT2D eigenvalue weighted by Crippen LogP contribution is -2.50. The van der Waals surface area contributed by atoms with Crippen LogP contribution in [0.4, 0.5) is 0 Å². The summed E-state index contributed by atoms with van der Waals surface area (Å²) in [4.78, 5) is 18.0. The molecule has 1 aliphatic heterocycles. The molecule has 1 aromatic rings. The molecule has 98 valence electrons. The second-order valence-corrected chi connectivity index (χ2v) is 4.62. The second kappa shape index (κ2) is 5.65. The van der Waals surface area contributed by atoms with Crippen LogP contribution in [0.15, 0.2) is 12.1 Å². The highest BCUT2D eigenvalue weighted by Crippen LogP contribution is 2.16. The minimum absolute atomic E-state index is 0.108. The molecule has 0 saturated carbocycles. The van der Waals surface area contributed by atoms with Crippen LogP contribution in [0.25, 0.3) is 0 Å². The van der Waals surface area contributed by atoms with Crippen LogP contribution in [0.3, 0.4) is 0 Å². The number of morpholine rings is 1. The summed E-state index contributed by atoms with van der Waals surface area (Å²) >= 11 is 5.85. The van der Waals surface area contributed by atoms with Crippen molar-refractivity contribution in [1.29, 1.82) is 0 Å². The topological polar surface area (TPSA) is 62.7 Å². The van der Waals surface area contributed by atoms with E-state index in [1.54, 1.807) is 24.0 Å². The van der Waals surface area contributed by atoms with E-state index >= 15 is 0 Å². The van der Waals surface area contributed by atoms with E-state index in [2.05, 4.69) is 4.98 Å². The first kappa shape index (κ1) is 13.3. The molecule has 1 fully saturated rings. The maximum atomic E-state index is 12.3. The fourth-order valence-electron chi connectivity index (χ4n) is 1.99. The average Bonchev–Trinajstić information content (AvgIpc) is 2.36. The zero-order valence-electron chi connectivity index (χ0n) is 10.1. The number of aromatic nitrogens is 1. The van der Waals surface area contributed by atoms with Crippen molar-refractivity contribution < 1.29 is 14.6 Å². The molecule has 0 aromatic carbocycles. The highest BCUT2D eigenvalue weighted by Gasteiger charge is 2.27. The Balaban J connectivity index is 2.23. The zero-order valence-corrected chi connectivity index (χ0v) is 10.9. The van der Waals surface area contributed by atoms with Crippen molar-refractivity contribution in [2.24, 2.45) is 0 Å². The summed E-state index contributed by atoms with van der Waals surface area (Å²) in [6, 6.07) is 2.94. The Bertz CT molecular complexity index is 433. The Labute approximate surface area is 110 Å². The number of amides is 1. The van der Waals surface area contributed by atoms with Gasteiger partial charge in [0, 0.05) is 17.8 Å². The SMILES string of the molecule is Cc1cc(C(=O)N2CCOCC2CO)cc(Cl)n1. The number of nitrogens with zero attached hydrogens (tertiary/aromatic N) is 2. The lowest BCUT2D eigenvalue weighted by Gasteiger charge is -2.34. The minimum Gasteiger partial charge on any atom is -0.394 e. The van der Waals surface area contributed by atoms with E-state index in [4.69, 9.17) is 16.3 Å². The molecule has 1 aliphatic rings. The first-order valence-corrected chi connectivity index (χ1v) is 6.13. The lowest BCUT2D eigenvalue weighted by atomic mass is 10.1. The number of carbonyl (C=O) groups is 1. The maximum Gasteiger partial charge on any atom is 0.254 e. The summed E-state index contributed by atoms with van der Waals surface area (Å²) in [5, 5.41) is 9.55. The standard InChI is InChI=1S/C12H15ClN2O3/c1-8-4-9(5-11(13)14-8)12(17)15-2-3-18-7-10(15)6-16/h4-5,10,16H,2-3,6-7H2,1H3. The molecule has 0 radical (unpaired) electrons. The molecule has 1 unspecified atom stereocenters. The van der Waals surface area contributed by atoms with Crippen molar-refractivity contribution in [3.63, 3.8) is 0 Å². The second-order valence-electron chi connectivity index (χ2n) is 4.23. The van der Waals surface area contributed by atoms with Gasteiger partial charge in [0.1, 0.15) is 5.15 Å². The summed E-state index contributed by atoms with van der Waals surface area (Å²) in [6.07, 6.45) is 0. The molecule has 1 N–H and O–H groups in total. The van der Waals surface area contributed by atoms with Gasteiger partial charge in [-0.1, -0.05) is 11.6 Å². The Kier molecular flexibility index (Phi) is 4.16. The van der Waals surface area contributed by atoms with Crippen molar-refractivity contribution >= 4 is 17.5 Å². The largest absolute Gasteiger partial charge is 0.394 e. The van der Waals surface area contributed by atoms with Gasteiger partial charge in [0.25, 0.3) is 5.91 Å². The Hall–Kier alpha value is -1.17. The molecule has 18 heavy (non-hydrogen) atoms. The number of aliphatic hydroxyl groups excluding tert-OH is 1. The summed E-state index contributed by atoms with van der Waals surface area (Å²) in [5.41, 5.74) is 1.19. The molecule has 0 aliphatic carbocycles. The quantitative estimate of drug-likeness (QED) is 0.811. The summed E-state index contributed by atoms with van der Waals surface area (Å²) in [5.74, 6) is -0.148. The molecule has 6 heteroatoms. The zero-order chi connectivity index (χ0) is 13.1. The van der Waals surface area contributed by atoms with Crippen LogP contribution in [0.2, 0.25) is 5.15 Å². The number of hydrogen-bond donors (Lipinski definition) is 1. The maximum absolute atomic E-state index is 12.3. The van der Waals surface area contributed by atoms with Gasteiger partial charge in [0.2, 0.25) is 0 Å². The number of rotatable bonds is 2. The molecule has 5 nitrogen and oxygen atoms in total. The van der Waals surface area contributed by atoms with Crippen molar-refractivity contribution in [1.82, 2.24) is 9.88 Å². The van der Waals surface area contributed by atoms with Crippen LogP contribution in [0.1, 0.15) is 16.1 Å². The average molecular weight is 271 g/mol. The van der Waals surface area contributed by atoms with E-state index in [1.165, 1.54) is 0 Å². The number of hydrogen-bond acceptors (Lipinski definition) is 4. The first-order valence-electron chi connectivity index (χ1n) is 5.75. The van der Waals surface area contributed by atoms with E-state index in [1.807, 2.05) is 0 Å². The summed E-state index contributed by atoms with van der Waals surface area (Å²) in [7, 11) is 0. The van der Waals surface area contributed by atoms with Crippen LogP contribution >= 0.6 is 11.6 Å².